The van der Waals surface area contributed by atoms with E-state index in [1.165, 1.54) is 0 Å². The lowest BCUT2D eigenvalue weighted by molar-refractivity contribution is 0.741. The number of fused-ring (bicyclic) bond motifs is 2. The molecule has 2 N–H and O–H groups in total. The maximum Gasteiger partial charge on any atom is 0.159 e. The third-order valence-electron chi connectivity index (χ3n) is 4.77. The number of hydrogen-bond acceptors (Lipinski definition) is 3. The molecule has 0 aliphatic rings. The number of nitrogens with one attached hydrogen (secondary N) is 2. The largest absolute Gasteiger partial charge is 0.342 e. The van der Waals surface area contributed by atoms with E-state index in [9.17, 15) is 0 Å². The molecule has 0 aliphatic carbocycles. The third kappa shape index (κ3) is 2.30. The molecular weight excluding hydrogens is 324 g/mol. The van der Waals surface area contributed by atoms with E-state index in [0.29, 0.717) is 0 Å². The van der Waals surface area contributed by atoms with Crippen LogP contribution in [0.4, 0.5) is 0 Å². The molecule has 3 aromatic heterocycles. The lowest BCUT2D eigenvalue weighted by atomic mass is 10.0. The minimum Gasteiger partial charge on any atom is -0.342 e. The summed E-state index contributed by atoms with van der Waals surface area (Å²) < 4.78 is 1.86. The highest BCUT2D eigenvalue weighted by Crippen LogP contribution is 2.27. The smallest absolute Gasteiger partial charge is 0.159 e. The van der Waals surface area contributed by atoms with E-state index in [1.807, 2.05) is 37.7 Å². The van der Waals surface area contributed by atoms with Gasteiger partial charge in [-0.05, 0) is 55.3 Å². The highest BCUT2D eigenvalue weighted by Gasteiger charge is 2.11. The predicted molar refractivity (Wildman–Crippen MR) is 103 cm³/mol. The van der Waals surface area contributed by atoms with Crippen LogP contribution in [0.1, 0.15) is 11.5 Å². The first-order valence-corrected chi connectivity index (χ1v) is 8.54. The van der Waals surface area contributed by atoms with E-state index in [2.05, 4.69) is 50.4 Å². The average molecular weight is 342 g/mol. The van der Waals surface area contributed by atoms with Crippen molar-refractivity contribution in [2.24, 2.45) is 7.05 Å². The lowest BCUT2D eigenvalue weighted by Crippen LogP contribution is -1.92. The van der Waals surface area contributed by atoms with Crippen LogP contribution in [0.5, 0.6) is 0 Å². The molecule has 0 spiro atoms. The Morgan fingerprint density at radius 2 is 1.62 bits per heavy atom. The molecule has 6 heteroatoms. The molecule has 128 valence electrons. The van der Waals surface area contributed by atoms with E-state index in [4.69, 9.17) is 4.98 Å². The Bertz CT molecular complexity index is 1250. The molecule has 0 bridgehead atoms. The zero-order valence-corrected chi connectivity index (χ0v) is 14.8. The average Bonchev–Trinajstić information content (AvgIpc) is 3.29. The topological polar surface area (TPSA) is 75.2 Å². The van der Waals surface area contributed by atoms with Crippen LogP contribution < -0.4 is 0 Å². The number of H-pyrrole nitrogens is 2. The molecule has 0 saturated carbocycles. The van der Waals surface area contributed by atoms with Gasteiger partial charge in [-0.25, -0.2) is 9.97 Å². The molecule has 0 amide bonds. The number of aromatic amines is 2. The van der Waals surface area contributed by atoms with Gasteiger partial charge in [-0.15, -0.1) is 0 Å². The van der Waals surface area contributed by atoms with Crippen LogP contribution in [0, 0.1) is 13.8 Å². The van der Waals surface area contributed by atoms with Gasteiger partial charge in [0.25, 0.3) is 0 Å². The van der Waals surface area contributed by atoms with Crippen molar-refractivity contribution in [2.75, 3.05) is 0 Å². The van der Waals surface area contributed by atoms with Crippen LogP contribution >= 0.6 is 0 Å². The molecule has 6 nitrogen and oxygen atoms in total. The molecule has 0 unspecified atom stereocenters. The van der Waals surface area contributed by atoms with Crippen LogP contribution in [0.2, 0.25) is 0 Å². The summed E-state index contributed by atoms with van der Waals surface area (Å²) in [6, 6.07) is 14.6. The number of rotatable bonds is 2. The second-order valence-electron chi connectivity index (χ2n) is 6.67. The summed E-state index contributed by atoms with van der Waals surface area (Å²) in [4.78, 5) is 15.9. The number of imidazole rings is 2. The predicted octanol–water partition coefficient (Wildman–Crippen LogP) is 4.12. The Morgan fingerprint density at radius 3 is 2.42 bits per heavy atom. The summed E-state index contributed by atoms with van der Waals surface area (Å²) in [5.41, 5.74) is 8.20. The van der Waals surface area contributed by atoms with Gasteiger partial charge in [0.15, 0.2) is 5.82 Å². The van der Waals surface area contributed by atoms with Crippen molar-refractivity contribution in [3.8, 4) is 22.6 Å². The molecule has 2 aromatic carbocycles. The van der Waals surface area contributed by atoms with E-state index in [-0.39, 0.29) is 0 Å². The molecule has 5 aromatic rings. The van der Waals surface area contributed by atoms with Crippen LogP contribution in [-0.4, -0.2) is 29.7 Å². The van der Waals surface area contributed by atoms with Gasteiger partial charge in [0.05, 0.1) is 22.1 Å². The Labute approximate surface area is 149 Å². The van der Waals surface area contributed by atoms with Crippen molar-refractivity contribution in [2.45, 2.75) is 13.8 Å². The standard InChI is InChI=1S/C20H18N6/c1-11-8-19(25-26(11)3)20-23-16-7-5-14(10-18(16)24-20)13-4-6-15-17(9-13)22-12(2)21-15/h4-10H,1-3H3,(H,21,22)(H,23,24). The van der Waals surface area contributed by atoms with Crippen LogP contribution in [0.3, 0.4) is 0 Å². The minimum absolute atomic E-state index is 0.792. The van der Waals surface area contributed by atoms with Gasteiger partial charge in [-0.3, -0.25) is 4.68 Å². The number of nitrogens with zero attached hydrogens (tertiary/aromatic N) is 4. The summed E-state index contributed by atoms with van der Waals surface area (Å²) in [7, 11) is 1.94. The first-order chi connectivity index (χ1) is 12.6. The maximum absolute atomic E-state index is 4.74. The third-order valence-corrected chi connectivity index (χ3v) is 4.77. The molecule has 0 radical (unpaired) electrons. The molecule has 0 fully saturated rings. The first-order valence-electron chi connectivity index (χ1n) is 8.54. The Morgan fingerprint density at radius 1 is 0.808 bits per heavy atom. The van der Waals surface area contributed by atoms with Crippen molar-refractivity contribution >= 4 is 22.1 Å². The zero-order valence-electron chi connectivity index (χ0n) is 14.8. The fourth-order valence-electron chi connectivity index (χ4n) is 3.30. The van der Waals surface area contributed by atoms with Crippen molar-refractivity contribution in [1.82, 2.24) is 29.7 Å². The van der Waals surface area contributed by atoms with E-state index in [1.54, 1.807) is 0 Å². The van der Waals surface area contributed by atoms with E-state index < -0.39 is 0 Å². The van der Waals surface area contributed by atoms with Gasteiger partial charge in [0.2, 0.25) is 0 Å². The molecule has 3 heterocycles. The van der Waals surface area contributed by atoms with E-state index in [0.717, 1.165) is 56.2 Å². The number of aryl methyl sites for hydroxylation is 3. The van der Waals surface area contributed by atoms with Gasteiger partial charge < -0.3 is 9.97 Å². The molecule has 0 aliphatic heterocycles. The fraction of sp³-hybridized carbons (Fsp3) is 0.150. The maximum atomic E-state index is 4.74. The highest BCUT2D eigenvalue weighted by molar-refractivity contribution is 5.87. The molecule has 26 heavy (non-hydrogen) atoms. The summed E-state index contributed by atoms with van der Waals surface area (Å²) >= 11 is 0. The molecule has 5 rings (SSSR count). The monoisotopic (exact) mass is 342 g/mol. The molecule has 0 saturated heterocycles. The second-order valence-corrected chi connectivity index (χ2v) is 6.67. The normalized spacial score (nSPS) is 11.7. The lowest BCUT2D eigenvalue weighted by Gasteiger charge is -2.01. The Hall–Kier alpha value is -3.41. The zero-order chi connectivity index (χ0) is 17.8. The number of aromatic nitrogens is 6. The van der Waals surface area contributed by atoms with Gasteiger partial charge in [-0.1, -0.05) is 12.1 Å². The van der Waals surface area contributed by atoms with Gasteiger partial charge in [-0.2, -0.15) is 5.10 Å². The van der Waals surface area contributed by atoms with Gasteiger partial charge in [0, 0.05) is 12.7 Å². The van der Waals surface area contributed by atoms with Crippen LogP contribution in [-0.2, 0) is 7.05 Å². The minimum atomic E-state index is 0.792. The SMILES string of the molecule is Cc1nc2ccc(-c3ccc4[nH]c(-c5cc(C)n(C)n5)nc4c3)cc2[nH]1. The van der Waals surface area contributed by atoms with Crippen molar-refractivity contribution in [3.05, 3.63) is 54.0 Å². The quantitative estimate of drug-likeness (QED) is 0.507. The number of benzene rings is 2. The fourth-order valence-corrected chi connectivity index (χ4v) is 3.30. The number of hydrogen-bond donors (Lipinski definition) is 2. The van der Waals surface area contributed by atoms with Crippen molar-refractivity contribution in [1.29, 1.82) is 0 Å². The molecule has 0 atom stereocenters. The van der Waals surface area contributed by atoms with Gasteiger partial charge in [0.1, 0.15) is 11.5 Å². The summed E-state index contributed by atoms with van der Waals surface area (Å²) in [6.45, 7) is 4.00. The second kappa shape index (κ2) is 5.29. The van der Waals surface area contributed by atoms with Crippen LogP contribution in [0.15, 0.2) is 42.5 Å². The van der Waals surface area contributed by atoms with Gasteiger partial charge >= 0.3 is 0 Å². The summed E-state index contributed by atoms with van der Waals surface area (Å²) in [6.07, 6.45) is 0. The summed E-state index contributed by atoms with van der Waals surface area (Å²) in [5, 5.41) is 4.50. The van der Waals surface area contributed by atoms with Crippen LogP contribution in [0.25, 0.3) is 44.7 Å². The molecular formula is C20H18N6. The Balaban J connectivity index is 1.60. The van der Waals surface area contributed by atoms with Crippen molar-refractivity contribution in [3.63, 3.8) is 0 Å². The highest BCUT2D eigenvalue weighted by atomic mass is 15.3. The Kier molecular flexibility index (Phi) is 3.03. The summed E-state index contributed by atoms with van der Waals surface area (Å²) in [5.74, 6) is 1.72. The van der Waals surface area contributed by atoms with Crippen molar-refractivity contribution < 1.29 is 0 Å². The van der Waals surface area contributed by atoms with E-state index >= 15 is 0 Å². The first kappa shape index (κ1) is 14.9.